The van der Waals surface area contributed by atoms with Crippen LogP contribution in [0.4, 0.5) is 11.4 Å². The van der Waals surface area contributed by atoms with E-state index in [9.17, 15) is 9.59 Å². The molecule has 0 fully saturated rings. The Balaban J connectivity index is 1.38. The van der Waals surface area contributed by atoms with E-state index < -0.39 is 11.9 Å². The van der Waals surface area contributed by atoms with Crippen molar-refractivity contribution in [3.8, 4) is 17.2 Å². The van der Waals surface area contributed by atoms with E-state index in [0.717, 1.165) is 30.6 Å². The molecule has 0 spiro atoms. The first kappa shape index (κ1) is 27.1. The standard InChI is InChI=1S/C29H32N2O6/c1-2-3-4-15-34-26-10-12-27(13-11-26)37-28(32)14-7-21-5-8-25(9-6-21)35-16-17-36-29(33)22-18-23(30)20-24(31)19-22/h5-14,18-20H,2-4,15-17,30-31H2,1H3/b14-7+. The van der Waals surface area contributed by atoms with Crippen molar-refractivity contribution in [1.29, 1.82) is 0 Å². The number of ether oxygens (including phenoxy) is 4. The maximum absolute atomic E-state index is 12.1. The number of nitrogen functional groups attached to an aromatic ring is 2. The molecule has 37 heavy (non-hydrogen) atoms. The predicted octanol–water partition coefficient (Wildman–Crippen LogP) is 5.27. The second-order valence-electron chi connectivity index (χ2n) is 8.22. The number of rotatable bonds is 13. The SMILES string of the molecule is CCCCCOc1ccc(OC(=O)/C=C/c2ccc(OCCOC(=O)c3cc(N)cc(N)c3)cc2)cc1. The molecule has 3 aromatic rings. The maximum atomic E-state index is 12.1. The molecule has 0 bridgehead atoms. The Bertz CT molecular complexity index is 1170. The molecule has 0 aliphatic carbocycles. The van der Waals surface area contributed by atoms with Crippen molar-refractivity contribution >= 4 is 29.4 Å². The lowest BCUT2D eigenvalue weighted by Gasteiger charge is -2.08. The van der Waals surface area contributed by atoms with E-state index >= 15 is 0 Å². The van der Waals surface area contributed by atoms with Gasteiger partial charge in [0.1, 0.15) is 30.5 Å². The van der Waals surface area contributed by atoms with Crippen LogP contribution in [0.3, 0.4) is 0 Å². The first-order valence-corrected chi connectivity index (χ1v) is 12.1. The highest BCUT2D eigenvalue weighted by Crippen LogP contribution is 2.19. The highest BCUT2D eigenvalue weighted by molar-refractivity contribution is 5.91. The van der Waals surface area contributed by atoms with Gasteiger partial charge in [-0.25, -0.2) is 9.59 Å². The zero-order valence-corrected chi connectivity index (χ0v) is 20.9. The largest absolute Gasteiger partial charge is 0.494 e. The number of hydrogen-bond acceptors (Lipinski definition) is 8. The van der Waals surface area contributed by atoms with Crippen LogP contribution in [0.2, 0.25) is 0 Å². The number of hydrogen-bond donors (Lipinski definition) is 2. The summed E-state index contributed by atoms with van der Waals surface area (Å²) in [5.74, 6) is 0.779. The van der Waals surface area contributed by atoms with E-state index in [-0.39, 0.29) is 18.8 Å². The number of carbonyl (C=O) groups is 2. The van der Waals surface area contributed by atoms with Crippen molar-refractivity contribution in [1.82, 2.24) is 0 Å². The predicted molar refractivity (Wildman–Crippen MR) is 144 cm³/mol. The molecular weight excluding hydrogens is 472 g/mol. The van der Waals surface area contributed by atoms with Gasteiger partial charge in [0.15, 0.2) is 0 Å². The first-order chi connectivity index (χ1) is 17.9. The fraction of sp³-hybridized carbons (Fsp3) is 0.241. The molecule has 3 aromatic carbocycles. The minimum Gasteiger partial charge on any atom is -0.494 e. The second kappa shape index (κ2) is 14.2. The number of unbranched alkanes of at least 4 members (excludes halogenated alkanes) is 2. The Morgan fingerprint density at radius 2 is 1.35 bits per heavy atom. The van der Waals surface area contributed by atoms with E-state index in [1.165, 1.54) is 18.2 Å². The average molecular weight is 505 g/mol. The first-order valence-electron chi connectivity index (χ1n) is 12.1. The van der Waals surface area contributed by atoms with Gasteiger partial charge in [0.05, 0.1) is 12.2 Å². The monoisotopic (exact) mass is 504 g/mol. The van der Waals surface area contributed by atoms with E-state index in [1.54, 1.807) is 60.7 Å². The van der Waals surface area contributed by atoms with Gasteiger partial charge < -0.3 is 30.4 Å². The van der Waals surface area contributed by atoms with Crippen LogP contribution in [0.25, 0.3) is 6.08 Å². The summed E-state index contributed by atoms with van der Waals surface area (Å²) in [5, 5.41) is 0. The molecule has 8 nitrogen and oxygen atoms in total. The van der Waals surface area contributed by atoms with Gasteiger partial charge in [-0.1, -0.05) is 31.9 Å². The molecule has 194 valence electrons. The van der Waals surface area contributed by atoms with Crippen LogP contribution in [0, 0.1) is 0 Å². The molecule has 0 saturated heterocycles. The van der Waals surface area contributed by atoms with E-state index in [0.29, 0.717) is 29.5 Å². The molecule has 0 unspecified atom stereocenters. The van der Waals surface area contributed by atoms with Crippen LogP contribution in [-0.4, -0.2) is 31.8 Å². The van der Waals surface area contributed by atoms with Gasteiger partial charge in [0, 0.05) is 17.5 Å². The average Bonchev–Trinajstić information content (AvgIpc) is 2.89. The van der Waals surface area contributed by atoms with Crippen molar-refractivity contribution in [2.75, 3.05) is 31.3 Å². The van der Waals surface area contributed by atoms with Gasteiger partial charge in [-0.15, -0.1) is 0 Å². The van der Waals surface area contributed by atoms with Crippen molar-refractivity contribution in [2.24, 2.45) is 0 Å². The van der Waals surface area contributed by atoms with Crippen LogP contribution in [-0.2, 0) is 9.53 Å². The molecule has 0 saturated carbocycles. The highest BCUT2D eigenvalue weighted by atomic mass is 16.6. The third-order valence-corrected chi connectivity index (χ3v) is 5.15. The zero-order chi connectivity index (χ0) is 26.5. The molecule has 0 aliphatic rings. The van der Waals surface area contributed by atoms with Crippen LogP contribution in [0.15, 0.2) is 72.8 Å². The number of benzene rings is 3. The smallest absolute Gasteiger partial charge is 0.338 e. The third-order valence-electron chi connectivity index (χ3n) is 5.15. The summed E-state index contributed by atoms with van der Waals surface area (Å²) in [4.78, 5) is 24.2. The summed E-state index contributed by atoms with van der Waals surface area (Å²) >= 11 is 0. The van der Waals surface area contributed by atoms with Crippen LogP contribution < -0.4 is 25.7 Å². The minimum atomic E-state index is -0.526. The summed E-state index contributed by atoms with van der Waals surface area (Å²) in [7, 11) is 0. The molecule has 0 aliphatic heterocycles. The fourth-order valence-corrected chi connectivity index (χ4v) is 3.31. The summed E-state index contributed by atoms with van der Waals surface area (Å²) in [5.41, 5.74) is 13.3. The number of carbonyl (C=O) groups excluding carboxylic acids is 2. The highest BCUT2D eigenvalue weighted by Gasteiger charge is 2.09. The van der Waals surface area contributed by atoms with Gasteiger partial charge in [-0.2, -0.15) is 0 Å². The molecule has 4 N–H and O–H groups in total. The lowest BCUT2D eigenvalue weighted by atomic mass is 10.2. The van der Waals surface area contributed by atoms with Crippen LogP contribution >= 0.6 is 0 Å². The summed E-state index contributed by atoms with van der Waals surface area (Å²) < 4.78 is 21.8. The lowest BCUT2D eigenvalue weighted by Crippen LogP contribution is -2.13. The summed E-state index contributed by atoms with van der Waals surface area (Å²) in [6, 6.07) is 18.6. The lowest BCUT2D eigenvalue weighted by molar-refractivity contribution is -0.128. The number of anilines is 2. The quantitative estimate of drug-likeness (QED) is 0.106. The van der Waals surface area contributed by atoms with Crippen molar-refractivity contribution in [3.05, 3.63) is 83.9 Å². The van der Waals surface area contributed by atoms with Gasteiger partial charge in [-0.05, 0) is 72.7 Å². The second-order valence-corrected chi connectivity index (χ2v) is 8.22. The van der Waals surface area contributed by atoms with Crippen molar-refractivity contribution in [2.45, 2.75) is 26.2 Å². The Morgan fingerprint density at radius 3 is 2.00 bits per heavy atom. The molecule has 0 radical (unpaired) electrons. The van der Waals surface area contributed by atoms with Gasteiger partial charge >= 0.3 is 11.9 Å². The Morgan fingerprint density at radius 1 is 0.757 bits per heavy atom. The fourth-order valence-electron chi connectivity index (χ4n) is 3.31. The third kappa shape index (κ3) is 9.60. The minimum absolute atomic E-state index is 0.0625. The molecule has 8 heteroatoms. The normalized spacial score (nSPS) is 10.7. The molecule has 0 atom stereocenters. The molecular formula is C29H32N2O6. The van der Waals surface area contributed by atoms with Crippen LogP contribution in [0.1, 0.15) is 42.1 Å². The van der Waals surface area contributed by atoms with Gasteiger partial charge in [0.25, 0.3) is 0 Å². The van der Waals surface area contributed by atoms with Crippen molar-refractivity contribution in [3.63, 3.8) is 0 Å². The van der Waals surface area contributed by atoms with Gasteiger partial charge in [-0.3, -0.25) is 0 Å². The summed E-state index contributed by atoms with van der Waals surface area (Å²) in [6.45, 7) is 3.06. The maximum Gasteiger partial charge on any atom is 0.338 e. The van der Waals surface area contributed by atoms with E-state index in [1.807, 2.05) is 0 Å². The summed E-state index contributed by atoms with van der Waals surface area (Å²) in [6.07, 6.45) is 6.30. The number of nitrogens with two attached hydrogens (primary N) is 2. The Hall–Kier alpha value is -4.46. The molecule has 0 heterocycles. The van der Waals surface area contributed by atoms with Crippen LogP contribution in [0.5, 0.6) is 17.2 Å². The topological polar surface area (TPSA) is 123 Å². The molecule has 3 rings (SSSR count). The molecule has 0 aromatic heterocycles. The zero-order valence-electron chi connectivity index (χ0n) is 20.9. The van der Waals surface area contributed by atoms with Crippen molar-refractivity contribution < 1.29 is 28.5 Å². The van der Waals surface area contributed by atoms with E-state index in [2.05, 4.69) is 6.92 Å². The Kier molecular flexibility index (Phi) is 10.4. The van der Waals surface area contributed by atoms with Gasteiger partial charge in [0.2, 0.25) is 0 Å². The van der Waals surface area contributed by atoms with E-state index in [4.69, 9.17) is 30.4 Å². The number of esters is 2. The Labute approximate surface area is 216 Å². The molecule has 0 amide bonds.